The Bertz CT molecular complexity index is 1210. The molecule has 1 N–H and O–H groups in total. The van der Waals surface area contributed by atoms with Crippen LogP contribution in [0.5, 0.6) is 5.75 Å². The van der Waals surface area contributed by atoms with Crippen LogP contribution in [0.25, 0.3) is 0 Å². The van der Waals surface area contributed by atoms with E-state index in [0.717, 1.165) is 5.56 Å². The molecule has 0 aliphatic carbocycles. The number of aromatic hydroxyl groups is 1. The molecule has 0 unspecified atom stereocenters. The molecule has 1 atom stereocenters. The molecule has 0 spiro atoms. The summed E-state index contributed by atoms with van der Waals surface area (Å²) in [5.74, 6) is -0.312. The summed E-state index contributed by atoms with van der Waals surface area (Å²) in [5.41, 5.74) is 1.99. The van der Waals surface area contributed by atoms with Crippen LogP contribution in [-0.2, 0) is 11.3 Å². The lowest BCUT2D eigenvalue weighted by atomic mass is 9.95. The first-order valence-corrected chi connectivity index (χ1v) is 11.7. The number of methoxy groups -OCH3 is 1. The highest BCUT2D eigenvalue weighted by atomic mass is 35.5. The second-order valence-electron chi connectivity index (χ2n) is 8.43. The van der Waals surface area contributed by atoms with Crippen LogP contribution < -0.4 is 10.5 Å². The Labute approximate surface area is 203 Å². The molecule has 0 bridgehead atoms. The SMILES string of the molecule is COCCn1c(C)cc(O)c([C@H](c2ccccc2Cl)N2CCN(c3ccccc3F)CC2)c1=O. The van der Waals surface area contributed by atoms with Crippen LogP contribution in [-0.4, -0.2) is 54.5 Å². The Morgan fingerprint density at radius 2 is 1.76 bits per heavy atom. The fraction of sp³-hybridized carbons (Fsp3) is 0.346. The molecule has 6 nitrogen and oxygen atoms in total. The van der Waals surface area contributed by atoms with E-state index in [9.17, 15) is 14.3 Å². The van der Waals surface area contributed by atoms with Crippen LogP contribution in [0.3, 0.4) is 0 Å². The standard InChI is InChI=1S/C26H29ClFN3O3/c1-18-17-23(32)24(26(33)31(18)15-16-34-2)25(19-7-3-4-8-20(19)27)30-13-11-29(12-14-30)22-10-6-5-9-21(22)28/h3-10,17,25,32H,11-16H2,1-2H3/t25-/m0/s1. The molecule has 4 rings (SSSR count). The van der Waals surface area contributed by atoms with Crippen molar-refractivity contribution in [2.24, 2.45) is 0 Å². The molecule has 0 radical (unpaired) electrons. The van der Waals surface area contributed by atoms with Gasteiger partial charge in [0.25, 0.3) is 5.56 Å². The normalized spacial score (nSPS) is 15.5. The maximum atomic E-state index is 14.3. The molecule has 180 valence electrons. The van der Waals surface area contributed by atoms with Gasteiger partial charge in [0.1, 0.15) is 11.6 Å². The first kappa shape index (κ1) is 24.3. The molecular weight excluding hydrogens is 457 g/mol. The Balaban J connectivity index is 1.74. The molecular formula is C26H29ClFN3O3. The van der Waals surface area contributed by atoms with Crippen LogP contribution in [0.1, 0.15) is 22.9 Å². The van der Waals surface area contributed by atoms with E-state index in [4.69, 9.17) is 16.3 Å². The van der Waals surface area contributed by atoms with Gasteiger partial charge in [-0.2, -0.15) is 0 Å². The zero-order valence-corrected chi connectivity index (χ0v) is 20.1. The maximum absolute atomic E-state index is 14.3. The molecule has 1 saturated heterocycles. The van der Waals surface area contributed by atoms with Crippen LogP contribution in [0, 0.1) is 12.7 Å². The van der Waals surface area contributed by atoms with Gasteiger partial charge in [-0.1, -0.05) is 41.9 Å². The molecule has 0 amide bonds. The molecule has 2 aromatic carbocycles. The Kier molecular flexibility index (Phi) is 7.56. The van der Waals surface area contributed by atoms with Gasteiger partial charge < -0.3 is 19.3 Å². The van der Waals surface area contributed by atoms with Gasteiger partial charge in [-0.05, 0) is 36.8 Å². The Morgan fingerprint density at radius 1 is 1.09 bits per heavy atom. The van der Waals surface area contributed by atoms with Crippen molar-refractivity contribution in [2.45, 2.75) is 19.5 Å². The molecule has 1 aromatic heterocycles. The van der Waals surface area contributed by atoms with Gasteiger partial charge in [-0.3, -0.25) is 9.69 Å². The first-order chi connectivity index (χ1) is 16.4. The lowest BCUT2D eigenvalue weighted by molar-refractivity contribution is 0.183. The van der Waals surface area contributed by atoms with Crippen molar-refractivity contribution < 1.29 is 14.2 Å². The number of aromatic nitrogens is 1. The largest absolute Gasteiger partial charge is 0.507 e. The minimum absolute atomic E-state index is 0.0578. The van der Waals surface area contributed by atoms with Crippen molar-refractivity contribution >= 4 is 17.3 Å². The number of halogens is 2. The zero-order valence-electron chi connectivity index (χ0n) is 19.4. The number of nitrogens with zero attached hydrogens (tertiary/aromatic N) is 3. The number of hydrogen-bond acceptors (Lipinski definition) is 5. The summed E-state index contributed by atoms with van der Waals surface area (Å²) < 4.78 is 21.1. The molecule has 1 aliphatic rings. The quantitative estimate of drug-likeness (QED) is 0.543. The van der Waals surface area contributed by atoms with Gasteiger partial charge in [0.2, 0.25) is 0 Å². The van der Waals surface area contributed by atoms with Gasteiger partial charge in [-0.15, -0.1) is 0 Å². The minimum Gasteiger partial charge on any atom is -0.507 e. The number of aryl methyl sites for hydroxylation is 1. The first-order valence-electron chi connectivity index (χ1n) is 11.3. The van der Waals surface area contributed by atoms with Crippen LogP contribution in [0.15, 0.2) is 59.4 Å². The number of pyridine rings is 1. The molecule has 0 saturated carbocycles. The molecule has 34 heavy (non-hydrogen) atoms. The van der Waals surface area contributed by atoms with E-state index < -0.39 is 6.04 Å². The second kappa shape index (κ2) is 10.6. The molecule has 1 aliphatic heterocycles. The lowest BCUT2D eigenvalue weighted by Crippen LogP contribution is -2.49. The van der Waals surface area contributed by atoms with Gasteiger partial charge in [0.15, 0.2) is 0 Å². The van der Waals surface area contributed by atoms with Crippen molar-refractivity contribution in [1.29, 1.82) is 0 Å². The van der Waals surface area contributed by atoms with Gasteiger partial charge >= 0.3 is 0 Å². The minimum atomic E-state index is -0.543. The van der Waals surface area contributed by atoms with Crippen molar-refractivity contribution in [2.75, 3.05) is 44.8 Å². The van der Waals surface area contributed by atoms with Gasteiger partial charge in [0.05, 0.1) is 23.9 Å². The molecule has 2 heterocycles. The molecule has 8 heteroatoms. The number of anilines is 1. The number of para-hydroxylation sites is 1. The van der Waals surface area contributed by atoms with E-state index in [-0.39, 0.29) is 22.7 Å². The highest BCUT2D eigenvalue weighted by Crippen LogP contribution is 2.37. The number of piperazine rings is 1. The van der Waals surface area contributed by atoms with Gasteiger partial charge in [-0.25, -0.2) is 4.39 Å². The summed E-state index contributed by atoms with van der Waals surface area (Å²) in [6, 6.07) is 15.2. The third-order valence-corrected chi connectivity index (χ3v) is 6.73. The van der Waals surface area contributed by atoms with Crippen molar-refractivity contribution in [3.8, 4) is 5.75 Å². The van der Waals surface area contributed by atoms with E-state index in [0.29, 0.717) is 55.7 Å². The average molecular weight is 486 g/mol. The predicted octanol–water partition coefficient (Wildman–Crippen LogP) is 4.21. The molecule has 3 aromatic rings. The van der Waals surface area contributed by atoms with E-state index in [1.54, 1.807) is 42.9 Å². The van der Waals surface area contributed by atoms with Crippen LogP contribution in [0.4, 0.5) is 10.1 Å². The fourth-order valence-corrected chi connectivity index (χ4v) is 4.89. The average Bonchev–Trinajstić information content (AvgIpc) is 2.83. The second-order valence-corrected chi connectivity index (χ2v) is 8.84. The van der Waals surface area contributed by atoms with E-state index in [2.05, 4.69) is 4.90 Å². The number of hydrogen-bond donors (Lipinski definition) is 1. The topological polar surface area (TPSA) is 57.9 Å². The van der Waals surface area contributed by atoms with E-state index >= 15 is 0 Å². The summed E-state index contributed by atoms with van der Waals surface area (Å²) in [7, 11) is 1.59. The lowest BCUT2D eigenvalue weighted by Gasteiger charge is -2.40. The number of benzene rings is 2. The maximum Gasteiger partial charge on any atom is 0.259 e. The van der Waals surface area contributed by atoms with Crippen molar-refractivity contribution in [3.63, 3.8) is 0 Å². The molecule has 1 fully saturated rings. The summed E-state index contributed by atoms with van der Waals surface area (Å²) >= 11 is 6.60. The summed E-state index contributed by atoms with van der Waals surface area (Å²) in [5, 5.41) is 11.5. The highest BCUT2D eigenvalue weighted by molar-refractivity contribution is 6.31. The smallest absolute Gasteiger partial charge is 0.259 e. The summed E-state index contributed by atoms with van der Waals surface area (Å²) in [4.78, 5) is 17.8. The van der Waals surface area contributed by atoms with Crippen LogP contribution in [0.2, 0.25) is 5.02 Å². The Morgan fingerprint density at radius 3 is 2.44 bits per heavy atom. The van der Waals surface area contributed by atoms with Crippen molar-refractivity contribution in [1.82, 2.24) is 9.47 Å². The monoisotopic (exact) mass is 485 g/mol. The summed E-state index contributed by atoms with van der Waals surface area (Å²) in [6.07, 6.45) is 0. The Hall–Kier alpha value is -2.87. The van der Waals surface area contributed by atoms with Gasteiger partial charge in [0, 0.05) is 50.6 Å². The van der Waals surface area contributed by atoms with Crippen molar-refractivity contribution in [3.05, 3.63) is 92.6 Å². The third-order valence-electron chi connectivity index (χ3n) is 6.39. The zero-order chi connectivity index (χ0) is 24.2. The summed E-state index contributed by atoms with van der Waals surface area (Å²) in [6.45, 7) is 4.83. The highest BCUT2D eigenvalue weighted by Gasteiger charge is 2.33. The van der Waals surface area contributed by atoms with E-state index in [1.807, 2.05) is 29.2 Å². The third kappa shape index (κ3) is 4.82. The number of rotatable bonds is 7. The fourth-order valence-electron chi connectivity index (χ4n) is 4.65. The van der Waals surface area contributed by atoms with Crippen LogP contribution >= 0.6 is 11.6 Å². The number of ether oxygens (including phenoxy) is 1. The van der Waals surface area contributed by atoms with E-state index in [1.165, 1.54) is 6.07 Å². The predicted molar refractivity (Wildman–Crippen MR) is 132 cm³/mol.